The normalized spacial score (nSPS) is 24.9. The minimum atomic E-state index is -0.900. The molecule has 2 aliphatic rings. The van der Waals surface area contributed by atoms with Crippen molar-refractivity contribution in [2.24, 2.45) is 5.92 Å². The van der Waals surface area contributed by atoms with Crippen LogP contribution in [0.5, 0.6) is 0 Å². The Kier molecular flexibility index (Phi) is 5.23. The lowest BCUT2D eigenvalue weighted by molar-refractivity contribution is -0.141. The average Bonchev–Trinajstić information content (AvgIpc) is 3.06. The van der Waals surface area contributed by atoms with Crippen LogP contribution in [0.15, 0.2) is 0 Å². The molecule has 114 valence electrons. The number of rotatable bonds is 5. The maximum Gasteiger partial charge on any atom is 0.326 e. The van der Waals surface area contributed by atoms with Gasteiger partial charge in [0.25, 0.3) is 0 Å². The number of carboxylic acid groups (broad SMARTS) is 1. The molecular weight excluding hydrogens is 258 g/mol. The zero-order chi connectivity index (χ0) is 14.5. The van der Waals surface area contributed by atoms with Gasteiger partial charge in [0.15, 0.2) is 0 Å². The maximum absolute atomic E-state index is 12.0. The minimum Gasteiger partial charge on any atom is -0.480 e. The largest absolute Gasteiger partial charge is 0.480 e. The number of likely N-dealkylation sites (tertiary alicyclic amines) is 2. The Balaban J connectivity index is 1.72. The van der Waals surface area contributed by atoms with E-state index >= 15 is 0 Å². The Hall–Kier alpha value is -1.30. The molecule has 2 saturated heterocycles. The first-order valence-electron chi connectivity index (χ1n) is 7.57. The summed E-state index contributed by atoms with van der Waals surface area (Å²) >= 11 is 0. The Bertz CT molecular complexity index is 356. The predicted octanol–water partition coefficient (Wildman–Crippen LogP) is 0.977. The maximum atomic E-state index is 12.0. The van der Waals surface area contributed by atoms with Crippen LogP contribution in [-0.2, 0) is 4.79 Å². The van der Waals surface area contributed by atoms with E-state index in [4.69, 9.17) is 5.11 Å². The number of carbonyl (C=O) groups is 2. The van der Waals surface area contributed by atoms with Crippen molar-refractivity contribution in [3.63, 3.8) is 0 Å². The van der Waals surface area contributed by atoms with E-state index in [1.54, 1.807) is 0 Å². The van der Waals surface area contributed by atoms with Crippen LogP contribution in [0.2, 0.25) is 0 Å². The van der Waals surface area contributed by atoms with Crippen LogP contribution < -0.4 is 5.32 Å². The quantitative estimate of drug-likeness (QED) is 0.789. The average molecular weight is 283 g/mol. The van der Waals surface area contributed by atoms with Gasteiger partial charge in [0, 0.05) is 19.6 Å². The Labute approximate surface area is 120 Å². The van der Waals surface area contributed by atoms with Crippen molar-refractivity contribution in [3.05, 3.63) is 0 Å². The van der Waals surface area contributed by atoms with Crippen LogP contribution in [0.3, 0.4) is 0 Å². The molecular formula is C14H25N3O3. The first-order chi connectivity index (χ1) is 9.58. The second-order valence-corrected chi connectivity index (χ2v) is 5.99. The van der Waals surface area contributed by atoms with E-state index in [0.717, 1.165) is 26.1 Å². The number of carboxylic acids is 1. The van der Waals surface area contributed by atoms with Gasteiger partial charge in [-0.25, -0.2) is 9.59 Å². The Morgan fingerprint density at radius 3 is 2.60 bits per heavy atom. The highest BCUT2D eigenvalue weighted by Crippen LogP contribution is 2.17. The number of hydrogen-bond acceptors (Lipinski definition) is 3. The van der Waals surface area contributed by atoms with Gasteiger partial charge in [-0.05, 0) is 44.7 Å². The molecule has 0 aromatic heterocycles. The number of nitrogens with zero attached hydrogens (tertiary/aromatic N) is 2. The summed E-state index contributed by atoms with van der Waals surface area (Å²) in [5, 5.41) is 12.0. The van der Waals surface area contributed by atoms with E-state index in [0.29, 0.717) is 25.4 Å². The molecule has 0 saturated carbocycles. The van der Waals surface area contributed by atoms with Crippen LogP contribution >= 0.6 is 0 Å². The van der Waals surface area contributed by atoms with Gasteiger partial charge in [-0.1, -0.05) is 6.92 Å². The SMILES string of the molecule is CC(CNC(=O)N1CCC[C@@H]1C(=O)O)CN1CCCC1. The highest BCUT2D eigenvalue weighted by Gasteiger charge is 2.33. The Morgan fingerprint density at radius 2 is 1.95 bits per heavy atom. The smallest absolute Gasteiger partial charge is 0.326 e. The second kappa shape index (κ2) is 6.92. The molecule has 2 N–H and O–H groups in total. The summed E-state index contributed by atoms with van der Waals surface area (Å²) in [7, 11) is 0. The molecule has 0 aromatic carbocycles. The monoisotopic (exact) mass is 283 g/mol. The van der Waals surface area contributed by atoms with Crippen molar-refractivity contribution in [1.29, 1.82) is 0 Å². The lowest BCUT2D eigenvalue weighted by atomic mass is 10.1. The van der Waals surface area contributed by atoms with E-state index < -0.39 is 12.0 Å². The van der Waals surface area contributed by atoms with E-state index in [2.05, 4.69) is 17.1 Å². The van der Waals surface area contributed by atoms with Gasteiger partial charge in [0.2, 0.25) is 0 Å². The van der Waals surface area contributed by atoms with E-state index in [1.807, 2.05) is 0 Å². The summed E-state index contributed by atoms with van der Waals surface area (Å²) in [6, 6.07) is -0.882. The highest BCUT2D eigenvalue weighted by atomic mass is 16.4. The summed E-state index contributed by atoms with van der Waals surface area (Å²) in [6.45, 7) is 6.60. The predicted molar refractivity (Wildman–Crippen MR) is 75.6 cm³/mol. The lowest BCUT2D eigenvalue weighted by Gasteiger charge is -2.24. The van der Waals surface area contributed by atoms with Gasteiger partial charge in [-0.15, -0.1) is 0 Å². The fourth-order valence-electron chi connectivity index (χ4n) is 3.10. The first kappa shape index (κ1) is 15.1. The van der Waals surface area contributed by atoms with Crippen molar-refractivity contribution >= 4 is 12.0 Å². The number of hydrogen-bond donors (Lipinski definition) is 2. The van der Waals surface area contributed by atoms with Crippen LogP contribution in [-0.4, -0.2) is 65.7 Å². The zero-order valence-electron chi connectivity index (χ0n) is 12.2. The third-order valence-electron chi connectivity index (χ3n) is 4.17. The van der Waals surface area contributed by atoms with Gasteiger partial charge < -0.3 is 20.2 Å². The summed E-state index contributed by atoms with van der Waals surface area (Å²) in [6.07, 6.45) is 3.88. The van der Waals surface area contributed by atoms with Crippen LogP contribution in [0, 0.1) is 5.92 Å². The summed E-state index contributed by atoms with van der Waals surface area (Å²) < 4.78 is 0. The first-order valence-corrected chi connectivity index (χ1v) is 7.57. The molecule has 2 rings (SSSR count). The standard InChI is InChI=1S/C14H25N3O3/c1-11(10-16-6-2-3-7-16)9-15-14(20)17-8-4-5-12(17)13(18)19/h11-12H,2-10H2,1H3,(H,15,20)(H,18,19)/t11?,12-/m1/s1. The van der Waals surface area contributed by atoms with Crippen molar-refractivity contribution < 1.29 is 14.7 Å². The van der Waals surface area contributed by atoms with Gasteiger partial charge in [-0.3, -0.25) is 0 Å². The molecule has 0 bridgehead atoms. The number of aliphatic carboxylic acids is 1. The van der Waals surface area contributed by atoms with Gasteiger partial charge in [-0.2, -0.15) is 0 Å². The van der Waals surface area contributed by atoms with Crippen molar-refractivity contribution in [1.82, 2.24) is 15.1 Å². The van der Waals surface area contributed by atoms with Gasteiger partial charge in [0.05, 0.1) is 0 Å². The van der Waals surface area contributed by atoms with Crippen LogP contribution in [0.4, 0.5) is 4.79 Å². The molecule has 0 radical (unpaired) electrons. The number of amides is 2. The zero-order valence-corrected chi connectivity index (χ0v) is 12.2. The number of nitrogens with one attached hydrogen (secondary N) is 1. The summed E-state index contributed by atoms with van der Waals surface area (Å²) in [4.78, 5) is 27.0. The molecule has 20 heavy (non-hydrogen) atoms. The molecule has 6 heteroatoms. The fourth-order valence-corrected chi connectivity index (χ4v) is 3.10. The van der Waals surface area contributed by atoms with Crippen LogP contribution in [0.1, 0.15) is 32.6 Å². The Morgan fingerprint density at radius 1 is 1.25 bits per heavy atom. The third-order valence-corrected chi connectivity index (χ3v) is 4.17. The molecule has 2 fully saturated rings. The number of urea groups is 1. The molecule has 6 nitrogen and oxygen atoms in total. The van der Waals surface area contributed by atoms with Crippen molar-refractivity contribution in [3.8, 4) is 0 Å². The lowest BCUT2D eigenvalue weighted by Crippen LogP contribution is -2.47. The molecule has 0 aromatic rings. The molecule has 2 heterocycles. The van der Waals surface area contributed by atoms with E-state index in [-0.39, 0.29) is 6.03 Å². The second-order valence-electron chi connectivity index (χ2n) is 5.99. The minimum absolute atomic E-state index is 0.233. The highest BCUT2D eigenvalue weighted by molar-refractivity contribution is 5.83. The van der Waals surface area contributed by atoms with Crippen LogP contribution in [0.25, 0.3) is 0 Å². The van der Waals surface area contributed by atoms with E-state index in [1.165, 1.54) is 17.7 Å². The third kappa shape index (κ3) is 3.85. The summed E-state index contributed by atoms with van der Waals surface area (Å²) in [5.41, 5.74) is 0. The molecule has 1 unspecified atom stereocenters. The molecule has 2 aliphatic heterocycles. The molecule has 2 amide bonds. The van der Waals surface area contributed by atoms with Crippen molar-refractivity contribution in [2.75, 3.05) is 32.7 Å². The van der Waals surface area contributed by atoms with E-state index in [9.17, 15) is 9.59 Å². The van der Waals surface area contributed by atoms with Crippen molar-refractivity contribution in [2.45, 2.75) is 38.6 Å². The summed E-state index contributed by atoms with van der Waals surface area (Å²) in [5.74, 6) is -0.509. The molecule has 0 aliphatic carbocycles. The fraction of sp³-hybridized carbons (Fsp3) is 0.857. The molecule has 2 atom stereocenters. The van der Waals surface area contributed by atoms with Gasteiger partial charge in [0.1, 0.15) is 6.04 Å². The van der Waals surface area contributed by atoms with Gasteiger partial charge >= 0.3 is 12.0 Å². The topological polar surface area (TPSA) is 72.9 Å². The molecule has 0 spiro atoms. The number of carbonyl (C=O) groups excluding carboxylic acids is 1.